The van der Waals surface area contributed by atoms with E-state index >= 15 is 0 Å². The summed E-state index contributed by atoms with van der Waals surface area (Å²) in [5.41, 5.74) is 3.65. The Kier molecular flexibility index (Phi) is 9.37. The van der Waals surface area contributed by atoms with Crippen LogP contribution in [0.5, 0.6) is 11.5 Å². The van der Waals surface area contributed by atoms with Crippen molar-refractivity contribution >= 4 is 17.6 Å². The molecule has 34 heavy (non-hydrogen) atoms. The fourth-order valence-corrected chi connectivity index (χ4v) is 4.47. The van der Waals surface area contributed by atoms with E-state index in [2.05, 4.69) is 12.1 Å². The number of aliphatic hydroxyl groups is 1. The third-order valence-electron chi connectivity index (χ3n) is 6.03. The summed E-state index contributed by atoms with van der Waals surface area (Å²) in [5.74, 6) is 0.0785. The lowest BCUT2D eigenvalue weighted by atomic mass is 9.85. The van der Waals surface area contributed by atoms with Crippen LogP contribution in [0.25, 0.3) is 0 Å². The second kappa shape index (κ2) is 12.4. The summed E-state index contributed by atoms with van der Waals surface area (Å²) in [7, 11) is 3.10. The van der Waals surface area contributed by atoms with Crippen LogP contribution >= 0.6 is 11.6 Å². The molecule has 5 nitrogen and oxygen atoms in total. The van der Waals surface area contributed by atoms with Crippen molar-refractivity contribution in [2.24, 2.45) is 5.92 Å². The summed E-state index contributed by atoms with van der Waals surface area (Å²) < 4.78 is 10.7. The van der Waals surface area contributed by atoms with Crippen molar-refractivity contribution in [2.75, 3.05) is 14.2 Å². The minimum absolute atomic E-state index is 0.00927. The van der Waals surface area contributed by atoms with Crippen LogP contribution in [0.15, 0.2) is 66.7 Å². The van der Waals surface area contributed by atoms with Gasteiger partial charge in [-0.05, 0) is 54.4 Å². The van der Waals surface area contributed by atoms with Crippen LogP contribution in [-0.4, -0.2) is 30.4 Å². The van der Waals surface area contributed by atoms with E-state index in [0.29, 0.717) is 28.5 Å². The van der Waals surface area contributed by atoms with Gasteiger partial charge in [-0.25, -0.2) is 0 Å². The Labute approximate surface area is 205 Å². The molecule has 3 aromatic rings. The number of aliphatic hydroxyl groups excluding tert-OH is 1. The van der Waals surface area contributed by atoms with E-state index in [0.717, 1.165) is 30.4 Å². The third kappa shape index (κ3) is 6.99. The zero-order valence-electron chi connectivity index (χ0n) is 19.5. The minimum Gasteiger partial charge on any atom is -0.493 e. The van der Waals surface area contributed by atoms with Crippen molar-refractivity contribution in [1.29, 1.82) is 0 Å². The van der Waals surface area contributed by atoms with E-state index in [1.807, 2.05) is 42.5 Å². The van der Waals surface area contributed by atoms with Gasteiger partial charge in [0.2, 0.25) is 0 Å². The molecule has 2 N–H and O–H groups in total. The average Bonchev–Trinajstić information content (AvgIpc) is 2.84. The lowest BCUT2D eigenvalue weighted by Crippen LogP contribution is -2.17. The molecule has 180 valence electrons. The molecule has 0 aliphatic rings. The smallest absolute Gasteiger partial charge is 0.307 e. The third-order valence-corrected chi connectivity index (χ3v) is 6.35. The molecule has 0 aliphatic carbocycles. The first-order valence-electron chi connectivity index (χ1n) is 11.3. The first kappa shape index (κ1) is 25.6. The number of aryl methyl sites for hydroxylation is 1. The van der Waals surface area contributed by atoms with Gasteiger partial charge in [-0.15, -0.1) is 0 Å². The highest BCUT2D eigenvalue weighted by Crippen LogP contribution is 2.39. The van der Waals surface area contributed by atoms with E-state index in [9.17, 15) is 9.90 Å². The quantitative estimate of drug-likeness (QED) is 0.336. The molecule has 3 aromatic carbocycles. The number of carboxylic acids is 1. The fraction of sp³-hybridized carbons (Fsp3) is 0.321. The first-order valence-corrected chi connectivity index (χ1v) is 11.7. The summed E-state index contributed by atoms with van der Waals surface area (Å²) in [6, 6.07) is 21.2. The molecule has 0 aliphatic heterocycles. The Morgan fingerprint density at radius 1 is 0.912 bits per heavy atom. The van der Waals surface area contributed by atoms with Crippen LogP contribution in [0.1, 0.15) is 41.2 Å². The van der Waals surface area contributed by atoms with Crippen molar-refractivity contribution in [3.05, 3.63) is 94.0 Å². The van der Waals surface area contributed by atoms with Crippen LogP contribution in [0.4, 0.5) is 0 Å². The van der Waals surface area contributed by atoms with Gasteiger partial charge < -0.3 is 19.7 Å². The summed E-state index contributed by atoms with van der Waals surface area (Å²) in [5, 5.41) is 20.9. The maximum absolute atomic E-state index is 11.4. The molecule has 6 heteroatoms. The van der Waals surface area contributed by atoms with Gasteiger partial charge in [0, 0.05) is 11.6 Å². The molecule has 0 bridgehead atoms. The van der Waals surface area contributed by atoms with Crippen LogP contribution in [0.2, 0.25) is 5.02 Å². The Balaban J connectivity index is 1.82. The fourth-order valence-electron chi connectivity index (χ4n) is 4.21. The van der Waals surface area contributed by atoms with Crippen LogP contribution in [0, 0.1) is 5.92 Å². The number of carbonyl (C=O) groups is 1. The second-order valence-electron chi connectivity index (χ2n) is 8.40. The topological polar surface area (TPSA) is 76.0 Å². The summed E-state index contributed by atoms with van der Waals surface area (Å²) in [4.78, 5) is 11.0. The maximum Gasteiger partial charge on any atom is 0.307 e. The molecule has 2 atom stereocenters. The number of aliphatic carboxylic acids is 1. The number of halogens is 1. The number of hydrogen-bond donors (Lipinski definition) is 2. The lowest BCUT2D eigenvalue weighted by Gasteiger charge is -2.25. The Morgan fingerprint density at radius 2 is 1.53 bits per heavy atom. The molecule has 2 unspecified atom stereocenters. The molecule has 0 heterocycles. The van der Waals surface area contributed by atoms with Gasteiger partial charge in [-0.1, -0.05) is 66.2 Å². The molecule has 0 saturated carbocycles. The van der Waals surface area contributed by atoms with Gasteiger partial charge in [0.15, 0.2) is 11.5 Å². The van der Waals surface area contributed by atoms with Gasteiger partial charge in [0.1, 0.15) is 0 Å². The Bertz CT molecular complexity index is 1070. The van der Waals surface area contributed by atoms with Crippen molar-refractivity contribution in [3.8, 4) is 11.5 Å². The molecule has 0 radical (unpaired) electrons. The molecule has 0 spiro atoms. The predicted octanol–water partition coefficient (Wildman–Crippen LogP) is 5.90. The second-order valence-corrected chi connectivity index (χ2v) is 8.81. The molecular formula is C28H31ClO5. The van der Waals surface area contributed by atoms with Gasteiger partial charge in [0.25, 0.3) is 0 Å². The summed E-state index contributed by atoms with van der Waals surface area (Å²) in [6.45, 7) is 0. The normalized spacial score (nSPS) is 12.7. The number of hydrogen-bond acceptors (Lipinski definition) is 4. The molecule has 0 saturated heterocycles. The average molecular weight is 483 g/mol. The van der Waals surface area contributed by atoms with Gasteiger partial charge >= 0.3 is 5.97 Å². The zero-order chi connectivity index (χ0) is 24.5. The monoisotopic (exact) mass is 482 g/mol. The molecule has 3 rings (SSSR count). The minimum atomic E-state index is -0.856. The van der Waals surface area contributed by atoms with Crippen molar-refractivity contribution in [1.82, 2.24) is 0 Å². The van der Waals surface area contributed by atoms with Gasteiger partial charge in [-0.2, -0.15) is 0 Å². The first-order chi connectivity index (χ1) is 16.4. The summed E-state index contributed by atoms with van der Waals surface area (Å²) in [6.07, 6.45) is 2.44. The van der Waals surface area contributed by atoms with Crippen LogP contribution in [-0.2, 0) is 24.1 Å². The van der Waals surface area contributed by atoms with Crippen molar-refractivity contribution in [2.45, 2.75) is 38.2 Å². The number of carboxylic acid groups (broad SMARTS) is 1. The van der Waals surface area contributed by atoms with E-state index in [4.69, 9.17) is 26.2 Å². The number of ether oxygens (including phenoxy) is 2. The number of benzene rings is 3. The molecule has 0 amide bonds. The number of rotatable bonds is 12. The van der Waals surface area contributed by atoms with Gasteiger partial charge in [-0.3, -0.25) is 4.79 Å². The van der Waals surface area contributed by atoms with Crippen LogP contribution < -0.4 is 9.47 Å². The van der Waals surface area contributed by atoms with E-state index in [1.54, 1.807) is 26.4 Å². The van der Waals surface area contributed by atoms with Crippen molar-refractivity contribution < 1.29 is 24.5 Å². The highest BCUT2D eigenvalue weighted by atomic mass is 35.5. The maximum atomic E-state index is 11.4. The summed E-state index contributed by atoms with van der Waals surface area (Å²) >= 11 is 6.53. The SMILES string of the molecule is COc1cc(Cl)c(C(O)C(CCCc2ccccc2)Cc2ccc(CC(=O)O)cc2)cc1OC. The van der Waals surface area contributed by atoms with Crippen molar-refractivity contribution in [3.63, 3.8) is 0 Å². The highest BCUT2D eigenvalue weighted by molar-refractivity contribution is 6.31. The zero-order valence-corrected chi connectivity index (χ0v) is 20.3. The number of methoxy groups -OCH3 is 2. The molecule has 0 fully saturated rings. The van der Waals surface area contributed by atoms with E-state index in [1.165, 1.54) is 5.56 Å². The standard InChI is InChI=1S/C28H31ClO5/c1-33-25-17-23(24(29)18-26(25)34-2)28(32)22(10-6-9-19-7-4-3-5-8-19)15-20-11-13-21(14-12-20)16-27(30)31/h3-5,7-8,11-14,17-18,22,28,32H,6,9-10,15-16H2,1-2H3,(H,30,31). The van der Waals surface area contributed by atoms with Crippen LogP contribution in [0.3, 0.4) is 0 Å². The Morgan fingerprint density at radius 3 is 2.15 bits per heavy atom. The van der Waals surface area contributed by atoms with E-state index < -0.39 is 12.1 Å². The Hall–Kier alpha value is -3.02. The molecule has 0 aromatic heterocycles. The molecular weight excluding hydrogens is 452 g/mol. The lowest BCUT2D eigenvalue weighted by molar-refractivity contribution is -0.136. The van der Waals surface area contributed by atoms with Gasteiger partial charge in [0.05, 0.1) is 31.8 Å². The van der Waals surface area contributed by atoms with E-state index in [-0.39, 0.29) is 12.3 Å². The largest absolute Gasteiger partial charge is 0.493 e. The predicted molar refractivity (Wildman–Crippen MR) is 134 cm³/mol. The highest BCUT2D eigenvalue weighted by Gasteiger charge is 2.25.